The van der Waals surface area contributed by atoms with Crippen LogP contribution in [0.2, 0.25) is 0 Å². The fraction of sp³-hybridized carbons (Fsp3) is 1.00. The Morgan fingerprint density at radius 3 is 1.92 bits per heavy atom. The summed E-state index contributed by atoms with van der Waals surface area (Å²) in [6.07, 6.45) is 5.71. The molecule has 2 atom stereocenters. The molecule has 2 unspecified atom stereocenters. The highest BCUT2D eigenvalue weighted by atomic mass is 14.8. The minimum absolute atomic E-state index is 0.932. The predicted molar refractivity (Wildman–Crippen MR) is 53.3 cm³/mol. The number of hydrogen-bond donors (Lipinski definition) is 2. The third-order valence-corrected chi connectivity index (χ3v) is 2.88. The first kappa shape index (κ1) is 10.0. The standard InChI is InChI=1S/C10H22N2/c1-11-7-9-4-3-5-10(6-9)8-12-2/h9-12H,3-8H2,1-2H3. The van der Waals surface area contributed by atoms with Gasteiger partial charge in [0.2, 0.25) is 0 Å². The maximum atomic E-state index is 3.28. The van der Waals surface area contributed by atoms with Crippen LogP contribution in [0, 0.1) is 11.8 Å². The topological polar surface area (TPSA) is 24.1 Å². The zero-order valence-corrected chi connectivity index (χ0v) is 8.40. The number of hydrogen-bond acceptors (Lipinski definition) is 2. The molecule has 1 aliphatic rings. The molecule has 2 N–H and O–H groups in total. The molecule has 0 aromatic heterocycles. The van der Waals surface area contributed by atoms with E-state index in [0.717, 1.165) is 11.8 Å². The maximum absolute atomic E-state index is 3.28. The Bertz CT molecular complexity index is 98.4. The van der Waals surface area contributed by atoms with Gasteiger partial charge >= 0.3 is 0 Å². The van der Waals surface area contributed by atoms with Crippen LogP contribution < -0.4 is 10.6 Å². The van der Waals surface area contributed by atoms with Crippen molar-refractivity contribution in [2.45, 2.75) is 25.7 Å². The second-order valence-corrected chi connectivity index (χ2v) is 4.01. The molecule has 0 bridgehead atoms. The van der Waals surface area contributed by atoms with Crippen LogP contribution in [0.1, 0.15) is 25.7 Å². The molecule has 0 radical (unpaired) electrons. The summed E-state index contributed by atoms with van der Waals surface area (Å²) < 4.78 is 0. The summed E-state index contributed by atoms with van der Waals surface area (Å²) in [5.41, 5.74) is 0. The molecule has 12 heavy (non-hydrogen) atoms. The Hall–Kier alpha value is -0.0800. The van der Waals surface area contributed by atoms with E-state index in [0.29, 0.717) is 0 Å². The average Bonchev–Trinajstić information content (AvgIpc) is 2.06. The highest BCUT2D eigenvalue weighted by molar-refractivity contribution is 4.75. The van der Waals surface area contributed by atoms with E-state index in [1.165, 1.54) is 38.8 Å². The fourth-order valence-electron chi connectivity index (χ4n) is 2.35. The lowest BCUT2D eigenvalue weighted by Gasteiger charge is -2.28. The molecule has 1 saturated carbocycles. The van der Waals surface area contributed by atoms with Crippen molar-refractivity contribution in [2.24, 2.45) is 11.8 Å². The van der Waals surface area contributed by atoms with Crippen molar-refractivity contribution in [1.82, 2.24) is 10.6 Å². The van der Waals surface area contributed by atoms with Crippen LogP contribution in [0.5, 0.6) is 0 Å². The van der Waals surface area contributed by atoms with Gasteiger partial charge in [0.05, 0.1) is 0 Å². The second kappa shape index (κ2) is 5.55. The molecule has 2 heteroatoms. The molecule has 0 aromatic carbocycles. The zero-order valence-electron chi connectivity index (χ0n) is 8.40. The first-order chi connectivity index (χ1) is 5.86. The van der Waals surface area contributed by atoms with Gasteiger partial charge in [-0.25, -0.2) is 0 Å². The molecule has 1 fully saturated rings. The van der Waals surface area contributed by atoms with Gasteiger partial charge in [0.15, 0.2) is 0 Å². The van der Waals surface area contributed by atoms with Crippen LogP contribution in [0.3, 0.4) is 0 Å². The summed E-state index contributed by atoms with van der Waals surface area (Å²) in [5.74, 6) is 1.86. The van der Waals surface area contributed by atoms with E-state index in [1.54, 1.807) is 0 Å². The minimum atomic E-state index is 0.932. The van der Waals surface area contributed by atoms with Gasteiger partial charge in [-0.3, -0.25) is 0 Å². The molecule has 72 valence electrons. The molecule has 0 aromatic rings. The van der Waals surface area contributed by atoms with Gasteiger partial charge in [-0.15, -0.1) is 0 Å². The highest BCUT2D eigenvalue weighted by Crippen LogP contribution is 2.27. The third kappa shape index (κ3) is 3.11. The van der Waals surface area contributed by atoms with E-state index >= 15 is 0 Å². The zero-order chi connectivity index (χ0) is 8.81. The van der Waals surface area contributed by atoms with Crippen molar-refractivity contribution in [1.29, 1.82) is 0 Å². The summed E-state index contributed by atoms with van der Waals surface area (Å²) in [5, 5.41) is 6.56. The van der Waals surface area contributed by atoms with Gasteiger partial charge in [-0.1, -0.05) is 6.42 Å². The Morgan fingerprint density at radius 2 is 1.50 bits per heavy atom. The van der Waals surface area contributed by atoms with E-state index in [4.69, 9.17) is 0 Å². The molecular formula is C10H22N2. The normalized spacial score (nSPS) is 30.5. The Kier molecular flexibility index (Phi) is 4.62. The van der Waals surface area contributed by atoms with Gasteiger partial charge in [-0.05, 0) is 58.3 Å². The molecule has 2 nitrogen and oxygen atoms in total. The molecule has 0 heterocycles. The van der Waals surface area contributed by atoms with Crippen molar-refractivity contribution in [3.8, 4) is 0 Å². The van der Waals surface area contributed by atoms with E-state index in [1.807, 2.05) is 0 Å². The lowest BCUT2D eigenvalue weighted by molar-refractivity contribution is 0.259. The Balaban J connectivity index is 2.20. The van der Waals surface area contributed by atoms with Crippen molar-refractivity contribution in [3.63, 3.8) is 0 Å². The molecule has 0 spiro atoms. The maximum Gasteiger partial charge on any atom is -0.00234 e. The smallest absolute Gasteiger partial charge is 0.00234 e. The van der Waals surface area contributed by atoms with Crippen molar-refractivity contribution in [2.75, 3.05) is 27.2 Å². The molecule has 1 aliphatic carbocycles. The molecular weight excluding hydrogens is 148 g/mol. The van der Waals surface area contributed by atoms with Crippen LogP contribution in [-0.4, -0.2) is 27.2 Å². The van der Waals surface area contributed by atoms with Crippen molar-refractivity contribution < 1.29 is 0 Å². The van der Waals surface area contributed by atoms with Crippen LogP contribution in [0.15, 0.2) is 0 Å². The fourth-order valence-corrected chi connectivity index (χ4v) is 2.35. The SMILES string of the molecule is CNCC1CCCC(CNC)C1. The predicted octanol–water partition coefficient (Wildman–Crippen LogP) is 1.23. The van der Waals surface area contributed by atoms with E-state index < -0.39 is 0 Å². The molecule has 0 aliphatic heterocycles. The van der Waals surface area contributed by atoms with Crippen LogP contribution in [0.25, 0.3) is 0 Å². The van der Waals surface area contributed by atoms with Gasteiger partial charge in [0.1, 0.15) is 0 Å². The molecule has 1 rings (SSSR count). The van der Waals surface area contributed by atoms with Crippen LogP contribution in [0.4, 0.5) is 0 Å². The van der Waals surface area contributed by atoms with E-state index in [-0.39, 0.29) is 0 Å². The number of rotatable bonds is 4. The Labute approximate surface area is 76.1 Å². The van der Waals surface area contributed by atoms with Crippen molar-refractivity contribution >= 4 is 0 Å². The summed E-state index contributed by atoms with van der Waals surface area (Å²) in [4.78, 5) is 0. The summed E-state index contributed by atoms with van der Waals surface area (Å²) in [6, 6.07) is 0. The van der Waals surface area contributed by atoms with Gasteiger partial charge in [-0.2, -0.15) is 0 Å². The lowest BCUT2D eigenvalue weighted by atomic mass is 9.81. The average molecular weight is 170 g/mol. The van der Waals surface area contributed by atoms with E-state index in [2.05, 4.69) is 24.7 Å². The lowest BCUT2D eigenvalue weighted by Crippen LogP contribution is -2.29. The van der Waals surface area contributed by atoms with Gasteiger partial charge in [0.25, 0.3) is 0 Å². The second-order valence-electron chi connectivity index (χ2n) is 4.01. The third-order valence-electron chi connectivity index (χ3n) is 2.88. The minimum Gasteiger partial charge on any atom is -0.319 e. The highest BCUT2D eigenvalue weighted by Gasteiger charge is 2.20. The van der Waals surface area contributed by atoms with Crippen LogP contribution in [-0.2, 0) is 0 Å². The largest absolute Gasteiger partial charge is 0.319 e. The Morgan fingerprint density at radius 1 is 1.00 bits per heavy atom. The molecule has 0 saturated heterocycles. The van der Waals surface area contributed by atoms with Crippen LogP contribution >= 0.6 is 0 Å². The van der Waals surface area contributed by atoms with E-state index in [9.17, 15) is 0 Å². The first-order valence-electron chi connectivity index (χ1n) is 5.16. The van der Waals surface area contributed by atoms with Gasteiger partial charge < -0.3 is 10.6 Å². The summed E-state index contributed by atoms with van der Waals surface area (Å²) in [6.45, 7) is 2.42. The summed E-state index contributed by atoms with van der Waals surface area (Å²) in [7, 11) is 4.11. The summed E-state index contributed by atoms with van der Waals surface area (Å²) >= 11 is 0. The quantitative estimate of drug-likeness (QED) is 0.663. The first-order valence-corrected chi connectivity index (χ1v) is 5.16. The number of nitrogens with one attached hydrogen (secondary N) is 2. The van der Waals surface area contributed by atoms with Crippen molar-refractivity contribution in [3.05, 3.63) is 0 Å². The monoisotopic (exact) mass is 170 g/mol. The molecule has 0 amide bonds. The van der Waals surface area contributed by atoms with Gasteiger partial charge in [0, 0.05) is 0 Å².